The van der Waals surface area contributed by atoms with Gasteiger partial charge in [-0.3, -0.25) is 4.98 Å². The lowest BCUT2D eigenvalue weighted by Gasteiger charge is -2.37. The van der Waals surface area contributed by atoms with Crippen LogP contribution in [0.2, 0.25) is 18.1 Å². The number of nitrogens with one attached hydrogen (secondary N) is 1. The van der Waals surface area contributed by atoms with E-state index in [4.69, 9.17) is 13.9 Å². The van der Waals surface area contributed by atoms with Gasteiger partial charge < -0.3 is 19.2 Å². The van der Waals surface area contributed by atoms with Gasteiger partial charge in [-0.05, 0) is 35.1 Å². The van der Waals surface area contributed by atoms with Crippen molar-refractivity contribution in [3.63, 3.8) is 0 Å². The Morgan fingerprint density at radius 1 is 1.15 bits per heavy atom. The van der Waals surface area contributed by atoms with Gasteiger partial charge in [0.1, 0.15) is 6.04 Å². The molecule has 1 aromatic carbocycles. The van der Waals surface area contributed by atoms with Crippen LogP contribution in [0.1, 0.15) is 43.7 Å². The first-order valence-electron chi connectivity index (χ1n) is 13.0. The standard InChI is InChI=1S/C28H33F3N4O5Si/c1-27(2,3)41(5,6)39-16-22-24(21-11-19(28(29,30)31)12-23(34-21)38-4)40-26(37)35(22)25(36)33-15-18-14-32-13-17-9-7-8-10-20(17)18/h7-14,22,24H,15-16H2,1-6H3,(H,33,36)/t22-,24+/m0/s1. The monoisotopic (exact) mass is 590 g/mol. The Hall–Kier alpha value is -3.71. The number of ether oxygens (including phenoxy) is 2. The fourth-order valence-electron chi connectivity index (χ4n) is 4.19. The van der Waals surface area contributed by atoms with E-state index in [0.717, 1.165) is 33.4 Å². The molecule has 0 aliphatic carbocycles. The molecule has 3 aromatic rings. The SMILES string of the molecule is COc1cc(C(F)(F)F)cc([C@H]2OC(=O)N(C(=O)NCc3cncc4ccccc34)[C@H]2CO[Si](C)(C)C(C)(C)C)n1. The number of imide groups is 1. The number of nitrogens with zero attached hydrogens (tertiary/aromatic N) is 3. The lowest BCUT2D eigenvalue weighted by Crippen LogP contribution is -2.50. The van der Waals surface area contributed by atoms with Gasteiger partial charge >= 0.3 is 18.3 Å². The number of aromatic nitrogens is 2. The van der Waals surface area contributed by atoms with Crippen molar-refractivity contribution in [2.24, 2.45) is 0 Å². The van der Waals surface area contributed by atoms with E-state index < -0.39 is 44.3 Å². The van der Waals surface area contributed by atoms with Gasteiger partial charge in [-0.15, -0.1) is 0 Å². The van der Waals surface area contributed by atoms with Crippen LogP contribution in [0.3, 0.4) is 0 Å². The molecule has 2 aromatic heterocycles. The third kappa shape index (κ3) is 6.46. The molecule has 2 atom stereocenters. The first kappa shape index (κ1) is 30.3. The van der Waals surface area contributed by atoms with E-state index in [9.17, 15) is 22.8 Å². The maximum atomic E-state index is 13.7. The summed E-state index contributed by atoms with van der Waals surface area (Å²) in [6, 6.07) is 7.18. The van der Waals surface area contributed by atoms with E-state index in [0.29, 0.717) is 0 Å². The molecular formula is C28H33F3N4O5Si. The summed E-state index contributed by atoms with van der Waals surface area (Å²) in [5.74, 6) is -0.304. The first-order valence-corrected chi connectivity index (χ1v) is 15.9. The Bertz CT molecular complexity index is 1440. The van der Waals surface area contributed by atoms with Crippen molar-refractivity contribution in [3.05, 3.63) is 65.6 Å². The normalized spacial score (nSPS) is 18.0. The molecule has 4 rings (SSSR count). The van der Waals surface area contributed by atoms with Crippen LogP contribution < -0.4 is 10.1 Å². The van der Waals surface area contributed by atoms with Gasteiger partial charge in [0.15, 0.2) is 14.4 Å². The number of carbonyl (C=O) groups excluding carboxylic acids is 2. The highest BCUT2D eigenvalue weighted by Crippen LogP contribution is 2.40. The number of benzene rings is 1. The third-order valence-electron chi connectivity index (χ3n) is 7.58. The molecule has 0 radical (unpaired) electrons. The largest absolute Gasteiger partial charge is 0.481 e. The molecule has 0 bridgehead atoms. The number of alkyl halides is 3. The van der Waals surface area contributed by atoms with E-state index >= 15 is 0 Å². The zero-order valence-electron chi connectivity index (χ0n) is 23.7. The maximum Gasteiger partial charge on any atom is 0.419 e. The molecule has 0 spiro atoms. The molecule has 41 heavy (non-hydrogen) atoms. The fraction of sp³-hybridized carbons (Fsp3) is 0.429. The van der Waals surface area contributed by atoms with Crippen molar-refractivity contribution >= 4 is 31.2 Å². The lowest BCUT2D eigenvalue weighted by atomic mass is 10.1. The summed E-state index contributed by atoms with van der Waals surface area (Å²) in [5.41, 5.74) is -0.507. The smallest absolute Gasteiger partial charge is 0.419 e. The lowest BCUT2D eigenvalue weighted by molar-refractivity contribution is -0.137. The van der Waals surface area contributed by atoms with E-state index in [-0.39, 0.29) is 29.8 Å². The molecule has 0 saturated carbocycles. The summed E-state index contributed by atoms with van der Waals surface area (Å²) in [5, 5.41) is 4.27. The van der Waals surface area contributed by atoms with Gasteiger partial charge in [-0.2, -0.15) is 13.2 Å². The molecule has 0 unspecified atom stereocenters. The molecule has 1 N–H and O–H groups in total. The molecule has 1 fully saturated rings. The van der Waals surface area contributed by atoms with E-state index in [1.807, 2.05) is 58.1 Å². The minimum Gasteiger partial charge on any atom is -0.481 e. The van der Waals surface area contributed by atoms with Crippen LogP contribution in [-0.2, 0) is 21.9 Å². The second-order valence-electron chi connectivity index (χ2n) is 11.3. The zero-order valence-corrected chi connectivity index (χ0v) is 24.7. The van der Waals surface area contributed by atoms with E-state index in [1.165, 1.54) is 7.11 Å². The highest BCUT2D eigenvalue weighted by molar-refractivity contribution is 6.74. The van der Waals surface area contributed by atoms with Gasteiger partial charge in [0.05, 0.1) is 25.0 Å². The Labute approximate surface area is 237 Å². The van der Waals surface area contributed by atoms with Gasteiger partial charge in [0, 0.05) is 30.4 Å². The second-order valence-corrected chi connectivity index (χ2v) is 16.1. The number of carbonyl (C=O) groups is 2. The minimum absolute atomic E-state index is 0.0487. The van der Waals surface area contributed by atoms with Gasteiger partial charge in [0.2, 0.25) is 5.88 Å². The van der Waals surface area contributed by atoms with Crippen molar-refractivity contribution in [1.82, 2.24) is 20.2 Å². The zero-order chi connectivity index (χ0) is 30.2. The number of methoxy groups -OCH3 is 1. The molecule has 1 aliphatic rings. The van der Waals surface area contributed by atoms with Crippen LogP contribution in [0.5, 0.6) is 5.88 Å². The molecule has 220 valence electrons. The molecule has 9 nitrogen and oxygen atoms in total. The number of fused-ring (bicyclic) bond motifs is 1. The number of hydrogen-bond acceptors (Lipinski definition) is 7. The Morgan fingerprint density at radius 3 is 2.51 bits per heavy atom. The van der Waals surface area contributed by atoms with Crippen molar-refractivity contribution in [2.45, 2.75) is 63.8 Å². The van der Waals surface area contributed by atoms with Gasteiger partial charge in [-0.1, -0.05) is 45.0 Å². The van der Waals surface area contributed by atoms with Crippen LogP contribution in [0, 0.1) is 0 Å². The summed E-state index contributed by atoms with van der Waals surface area (Å²) in [6.45, 7) is 9.94. The van der Waals surface area contributed by atoms with Crippen LogP contribution in [0.15, 0.2) is 48.8 Å². The third-order valence-corrected chi connectivity index (χ3v) is 12.1. The summed E-state index contributed by atoms with van der Waals surface area (Å²) in [6.07, 6.45) is -3.73. The van der Waals surface area contributed by atoms with E-state index in [2.05, 4.69) is 15.3 Å². The predicted molar refractivity (Wildman–Crippen MR) is 148 cm³/mol. The maximum absolute atomic E-state index is 13.7. The summed E-state index contributed by atoms with van der Waals surface area (Å²) >= 11 is 0. The molecular weight excluding hydrogens is 557 g/mol. The topological polar surface area (TPSA) is 103 Å². The molecule has 3 heterocycles. The summed E-state index contributed by atoms with van der Waals surface area (Å²) in [4.78, 5) is 35.7. The fourth-order valence-corrected chi connectivity index (χ4v) is 5.21. The Morgan fingerprint density at radius 2 is 1.85 bits per heavy atom. The van der Waals surface area contributed by atoms with Gasteiger partial charge in [0.25, 0.3) is 0 Å². The number of rotatable bonds is 7. The molecule has 13 heteroatoms. The minimum atomic E-state index is -4.70. The predicted octanol–water partition coefficient (Wildman–Crippen LogP) is 6.45. The quantitative estimate of drug-likeness (QED) is 0.316. The number of hydrogen-bond donors (Lipinski definition) is 1. The van der Waals surface area contributed by atoms with Crippen LogP contribution >= 0.6 is 0 Å². The Balaban J connectivity index is 1.67. The van der Waals surface area contributed by atoms with Crippen molar-refractivity contribution in [1.29, 1.82) is 0 Å². The van der Waals surface area contributed by atoms with Crippen molar-refractivity contribution in [2.75, 3.05) is 13.7 Å². The Kier molecular flexibility index (Phi) is 8.32. The first-order chi connectivity index (χ1) is 19.1. The van der Waals surface area contributed by atoms with Crippen LogP contribution in [-0.4, -0.2) is 55.1 Å². The van der Waals surface area contributed by atoms with E-state index in [1.54, 1.807) is 12.4 Å². The number of halogens is 3. The number of pyridine rings is 2. The molecule has 1 aliphatic heterocycles. The average molecular weight is 591 g/mol. The highest BCUT2D eigenvalue weighted by atomic mass is 28.4. The molecule has 3 amide bonds. The van der Waals surface area contributed by atoms with Crippen LogP contribution in [0.25, 0.3) is 10.8 Å². The van der Waals surface area contributed by atoms with Crippen LogP contribution in [0.4, 0.5) is 22.8 Å². The second kappa shape index (κ2) is 11.3. The van der Waals surface area contributed by atoms with Crippen molar-refractivity contribution < 1.29 is 36.7 Å². The molecule has 1 saturated heterocycles. The average Bonchev–Trinajstić information content (AvgIpc) is 3.25. The number of urea groups is 1. The number of cyclic esters (lactones) is 1. The summed E-state index contributed by atoms with van der Waals surface area (Å²) < 4.78 is 57.8. The summed E-state index contributed by atoms with van der Waals surface area (Å²) in [7, 11) is -1.22. The number of amides is 3. The van der Waals surface area contributed by atoms with Crippen molar-refractivity contribution in [3.8, 4) is 5.88 Å². The van der Waals surface area contributed by atoms with Gasteiger partial charge in [-0.25, -0.2) is 19.5 Å². The highest BCUT2D eigenvalue weighted by Gasteiger charge is 2.49.